The zero-order valence-corrected chi connectivity index (χ0v) is 15.3. The predicted octanol–water partition coefficient (Wildman–Crippen LogP) is 3.20. The molecular formula is C19H15ClN6O2. The minimum Gasteiger partial charge on any atom is -0.506 e. The number of nitrogens with zero attached hydrogens (tertiary/aromatic N) is 4. The molecule has 0 fully saturated rings. The number of nitrogens with one attached hydrogen (secondary N) is 2. The number of benzene rings is 2. The normalized spacial score (nSPS) is 10.8. The lowest BCUT2D eigenvalue weighted by molar-refractivity contribution is -0.115. The van der Waals surface area contributed by atoms with Gasteiger partial charge in [0.1, 0.15) is 5.75 Å². The van der Waals surface area contributed by atoms with Crippen LogP contribution in [0.5, 0.6) is 5.75 Å². The Balaban J connectivity index is 1.41. The summed E-state index contributed by atoms with van der Waals surface area (Å²) in [7, 11) is 0. The van der Waals surface area contributed by atoms with Gasteiger partial charge >= 0.3 is 0 Å². The van der Waals surface area contributed by atoms with Gasteiger partial charge in [-0.2, -0.15) is 10.1 Å². The summed E-state index contributed by atoms with van der Waals surface area (Å²) < 4.78 is 1.71. The van der Waals surface area contributed by atoms with Gasteiger partial charge in [0, 0.05) is 11.8 Å². The highest BCUT2D eigenvalue weighted by atomic mass is 35.5. The molecule has 140 valence electrons. The van der Waals surface area contributed by atoms with Crippen molar-refractivity contribution in [3.8, 4) is 22.8 Å². The third-order valence-corrected chi connectivity index (χ3v) is 4.27. The van der Waals surface area contributed by atoms with Gasteiger partial charge in [-0.25, -0.2) is 4.68 Å². The van der Waals surface area contributed by atoms with Crippen LogP contribution in [-0.2, 0) is 11.2 Å². The van der Waals surface area contributed by atoms with E-state index in [1.807, 2.05) is 30.3 Å². The van der Waals surface area contributed by atoms with Crippen LogP contribution < -0.4 is 5.32 Å². The average molecular weight is 395 g/mol. The molecule has 0 radical (unpaired) electrons. The quantitative estimate of drug-likeness (QED) is 0.481. The van der Waals surface area contributed by atoms with Crippen molar-refractivity contribution in [2.24, 2.45) is 0 Å². The Kier molecular flexibility index (Phi) is 4.77. The number of hydrogen-bond acceptors (Lipinski definition) is 5. The Morgan fingerprint density at radius 2 is 2.00 bits per heavy atom. The summed E-state index contributed by atoms with van der Waals surface area (Å²) in [5.41, 5.74) is 2.18. The Bertz CT molecular complexity index is 1120. The molecular weight excluding hydrogens is 380 g/mol. The van der Waals surface area contributed by atoms with Crippen LogP contribution in [0.3, 0.4) is 0 Å². The first-order chi connectivity index (χ1) is 13.6. The number of H-pyrrole nitrogens is 1. The first kappa shape index (κ1) is 17.7. The first-order valence-electron chi connectivity index (χ1n) is 8.39. The number of phenols is 1. The van der Waals surface area contributed by atoms with Crippen LogP contribution in [0.15, 0.2) is 60.8 Å². The molecule has 2 aromatic carbocycles. The zero-order valence-electron chi connectivity index (χ0n) is 14.5. The maximum absolute atomic E-state index is 12.3. The number of halogens is 1. The maximum atomic E-state index is 12.3. The molecule has 2 heterocycles. The molecule has 0 aliphatic heterocycles. The molecule has 0 bridgehead atoms. The van der Waals surface area contributed by atoms with E-state index in [1.54, 1.807) is 29.1 Å². The lowest BCUT2D eigenvalue weighted by atomic mass is 10.2. The number of hydrogen-bond donors (Lipinski definition) is 3. The largest absolute Gasteiger partial charge is 0.506 e. The van der Waals surface area contributed by atoms with E-state index >= 15 is 0 Å². The van der Waals surface area contributed by atoms with Crippen LogP contribution >= 0.6 is 11.6 Å². The fourth-order valence-corrected chi connectivity index (χ4v) is 2.80. The molecule has 3 N–H and O–H groups in total. The van der Waals surface area contributed by atoms with E-state index < -0.39 is 0 Å². The third kappa shape index (κ3) is 3.86. The minimum atomic E-state index is -0.285. The molecule has 0 atom stereocenters. The number of carbonyl (C=O) groups is 1. The Labute approximate surface area is 164 Å². The van der Waals surface area contributed by atoms with Crippen molar-refractivity contribution in [1.82, 2.24) is 25.0 Å². The highest BCUT2D eigenvalue weighted by Gasteiger charge is 2.12. The Hall–Kier alpha value is -3.65. The van der Waals surface area contributed by atoms with Gasteiger partial charge in [0.15, 0.2) is 5.82 Å². The summed E-state index contributed by atoms with van der Waals surface area (Å²) in [6.45, 7) is 0. The van der Waals surface area contributed by atoms with Gasteiger partial charge < -0.3 is 5.11 Å². The molecule has 2 aromatic heterocycles. The fraction of sp³-hybridized carbons (Fsp3) is 0.0526. The summed E-state index contributed by atoms with van der Waals surface area (Å²) >= 11 is 5.90. The van der Waals surface area contributed by atoms with Gasteiger partial charge in [-0.15, -0.1) is 5.10 Å². The number of rotatable bonds is 5. The third-order valence-electron chi connectivity index (χ3n) is 3.96. The lowest BCUT2D eigenvalue weighted by Crippen LogP contribution is -2.16. The van der Waals surface area contributed by atoms with E-state index in [0.29, 0.717) is 17.1 Å². The second-order valence-electron chi connectivity index (χ2n) is 5.99. The average Bonchev–Trinajstić information content (AvgIpc) is 3.34. The zero-order chi connectivity index (χ0) is 19.5. The summed E-state index contributed by atoms with van der Waals surface area (Å²) in [6, 6.07) is 16.1. The number of amides is 1. The molecule has 0 saturated carbocycles. The topological polar surface area (TPSA) is 109 Å². The number of phenolic OH excluding ortho intramolecular Hbond substituents is 1. The van der Waals surface area contributed by atoms with Gasteiger partial charge in [0.2, 0.25) is 11.9 Å². The van der Waals surface area contributed by atoms with Gasteiger partial charge in [-0.1, -0.05) is 29.8 Å². The molecule has 0 aliphatic rings. The van der Waals surface area contributed by atoms with Gasteiger partial charge in [-0.05, 0) is 36.4 Å². The van der Waals surface area contributed by atoms with Crippen molar-refractivity contribution in [3.63, 3.8) is 0 Å². The summed E-state index contributed by atoms with van der Waals surface area (Å²) in [6.07, 6.45) is 1.89. The van der Waals surface area contributed by atoms with Crippen molar-refractivity contribution >= 4 is 23.5 Å². The fourth-order valence-electron chi connectivity index (χ4n) is 2.61. The SMILES string of the molecule is O=C(Cc1ccn(-c2ccccc2)n1)Nc1n[nH]c(-c2ccc(O)c(Cl)c2)n1. The van der Waals surface area contributed by atoms with Crippen molar-refractivity contribution in [2.45, 2.75) is 6.42 Å². The van der Waals surface area contributed by atoms with Crippen LogP contribution in [0.1, 0.15) is 5.69 Å². The predicted molar refractivity (Wildman–Crippen MR) is 104 cm³/mol. The molecule has 9 heteroatoms. The standard InChI is InChI=1S/C19H15ClN6O2/c20-15-10-12(6-7-16(15)27)18-22-19(24-23-18)21-17(28)11-13-8-9-26(25-13)14-4-2-1-3-5-14/h1-10,27H,11H2,(H2,21,22,23,24,28). The van der Waals surface area contributed by atoms with Crippen molar-refractivity contribution < 1.29 is 9.90 Å². The van der Waals surface area contributed by atoms with Gasteiger partial charge in [-0.3, -0.25) is 15.2 Å². The molecule has 28 heavy (non-hydrogen) atoms. The van der Waals surface area contributed by atoms with E-state index in [1.165, 1.54) is 6.07 Å². The number of carbonyl (C=O) groups excluding carboxylic acids is 1. The second kappa shape index (κ2) is 7.53. The Morgan fingerprint density at radius 1 is 1.18 bits per heavy atom. The lowest BCUT2D eigenvalue weighted by Gasteiger charge is -2.01. The van der Waals surface area contributed by atoms with Crippen LogP contribution in [0.4, 0.5) is 5.95 Å². The van der Waals surface area contributed by atoms with E-state index in [4.69, 9.17) is 11.6 Å². The molecule has 0 aliphatic carbocycles. The van der Waals surface area contributed by atoms with Crippen LogP contribution in [0, 0.1) is 0 Å². The molecule has 4 aromatic rings. The number of aromatic hydroxyl groups is 1. The van der Waals surface area contributed by atoms with Crippen LogP contribution in [0.2, 0.25) is 5.02 Å². The van der Waals surface area contributed by atoms with E-state index in [9.17, 15) is 9.90 Å². The number of aromatic amines is 1. The summed E-state index contributed by atoms with van der Waals surface area (Å²) in [5.74, 6) is 0.262. The monoisotopic (exact) mass is 394 g/mol. The van der Waals surface area contributed by atoms with E-state index in [2.05, 4.69) is 25.6 Å². The number of para-hydroxylation sites is 1. The molecule has 4 rings (SSSR count). The van der Waals surface area contributed by atoms with Crippen LogP contribution in [0.25, 0.3) is 17.1 Å². The molecule has 0 spiro atoms. The van der Waals surface area contributed by atoms with Crippen LogP contribution in [-0.4, -0.2) is 36.0 Å². The van der Waals surface area contributed by atoms with E-state index in [-0.39, 0.29) is 29.0 Å². The summed E-state index contributed by atoms with van der Waals surface area (Å²) in [4.78, 5) is 16.5. The molecule has 1 amide bonds. The van der Waals surface area contributed by atoms with Crippen molar-refractivity contribution in [3.05, 3.63) is 71.5 Å². The minimum absolute atomic E-state index is 0.0200. The van der Waals surface area contributed by atoms with Gasteiger partial charge in [0.05, 0.1) is 22.8 Å². The highest BCUT2D eigenvalue weighted by molar-refractivity contribution is 6.32. The van der Waals surface area contributed by atoms with E-state index in [0.717, 1.165) is 5.69 Å². The second-order valence-corrected chi connectivity index (χ2v) is 6.39. The molecule has 8 nitrogen and oxygen atoms in total. The molecule has 0 unspecified atom stereocenters. The smallest absolute Gasteiger partial charge is 0.249 e. The first-order valence-corrected chi connectivity index (χ1v) is 8.77. The van der Waals surface area contributed by atoms with Crippen molar-refractivity contribution in [2.75, 3.05) is 5.32 Å². The highest BCUT2D eigenvalue weighted by Crippen LogP contribution is 2.27. The number of aromatic nitrogens is 5. The van der Waals surface area contributed by atoms with Gasteiger partial charge in [0.25, 0.3) is 0 Å². The number of anilines is 1. The van der Waals surface area contributed by atoms with Crippen molar-refractivity contribution in [1.29, 1.82) is 0 Å². The molecule has 0 saturated heterocycles. The Morgan fingerprint density at radius 3 is 2.79 bits per heavy atom. The summed E-state index contributed by atoms with van der Waals surface area (Å²) in [5, 5.41) is 23.4. The maximum Gasteiger partial charge on any atom is 0.249 e.